The summed E-state index contributed by atoms with van der Waals surface area (Å²) in [4.78, 5) is 10.4. The zero-order valence-electron chi connectivity index (χ0n) is 9.62. The molecule has 0 aliphatic rings. The molecule has 0 amide bonds. The average molecular weight is 283 g/mol. The highest BCUT2D eigenvalue weighted by molar-refractivity contribution is 9.10. The van der Waals surface area contributed by atoms with Gasteiger partial charge in [0.2, 0.25) is 0 Å². The van der Waals surface area contributed by atoms with Gasteiger partial charge in [0.05, 0.1) is 0 Å². The maximum Gasteiger partial charge on any atom is 0.328 e. The summed E-state index contributed by atoms with van der Waals surface area (Å²) in [6.45, 7) is 6.42. The molecule has 0 saturated heterocycles. The molecular formula is C13H15BrO2. The number of hydrogen-bond acceptors (Lipinski definition) is 1. The van der Waals surface area contributed by atoms with E-state index in [-0.39, 0.29) is 5.41 Å². The van der Waals surface area contributed by atoms with Crippen LogP contribution in [-0.4, -0.2) is 11.1 Å². The van der Waals surface area contributed by atoms with Gasteiger partial charge in [0.25, 0.3) is 0 Å². The summed E-state index contributed by atoms with van der Waals surface area (Å²) in [7, 11) is 0. The van der Waals surface area contributed by atoms with E-state index in [1.807, 2.05) is 18.2 Å². The third-order valence-electron chi connectivity index (χ3n) is 2.27. The van der Waals surface area contributed by atoms with Gasteiger partial charge in [0.1, 0.15) is 0 Å². The van der Waals surface area contributed by atoms with Crippen LogP contribution in [0.15, 0.2) is 28.7 Å². The van der Waals surface area contributed by atoms with Crippen molar-refractivity contribution in [1.29, 1.82) is 0 Å². The van der Waals surface area contributed by atoms with Crippen LogP contribution < -0.4 is 0 Å². The van der Waals surface area contributed by atoms with E-state index in [0.717, 1.165) is 16.1 Å². The molecule has 0 atom stereocenters. The van der Waals surface area contributed by atoms with E-state index in [9.17, 15) is 4.79 Å². The van der Waals surface area contributed by atoms with E-state index < -0.39 is 5.97 Å². The third kappa shape index (κ3) is 3.49. The number of hydrogen-bond donors (Lipinski definition) is 1. The Bertz CT molecular complexity index is 428. The first-order chi connectivity index (χ1) is 7.30. The lowest BCUT2D eigenvalue weighted by Crippen LogP contribution is -2.10. The highest BCUT2D eigenvalue weighted by Gasteiger charge is 2.14. The van der Waals surface area contributed by atoms with Crippen molar-refractivity contribution < 1.29 is 9.90 Å². The topological polar surface area (TPSA) is 37.3 Å². The minimum Gasteiger partial charge on any atom is -0.478 e. The van der Waals surface area contributed by atoms with Crippen molar-refractivity contribution in [2.24, 2.45) is 0 Å². The summed E-state index contributed by atoms with van der Waals surface area (Å²) in [5.41, 5.74) is 2.18. The monoisotopic (exact) mass is 282 g/mol. The molecule has 0 radical (unpaired) electrons. The van der Waals surface area contributed by atoms with E-state index in [1.165, 1.54) is 5.56 Å². The minimum absolute atomic E-state index is 0.0948. The summed E-state index contributed by atoms with van der Waals surface area (Å²) < 4.78 is 0.914. The van der Waals surface area contributed by atoms with E-state index >= 15 is 0 Å². The van der Waals surface area contributed by atoms with Crippen LogP contribution in [0.2, 0.25) is 0 Å². The molecule has 1 rings (SSSR count). The Kier molecular flexibility index (Phi) is 3.92. The van der Waals surface area contributed by atoms with Gasteiger partial charge in [-0.3, -0.25) is 0 Å². The van der Waals surface area contributed by atoms with Crippen LogP contribution >= 0.6 is 15.9 Å². The van der Waals surface area contributed by atoms with Crippen molar-refractivity contribution in [2.45, 2.75) is 26.2 Å². The predicted octanol–water partition coefficient (Wildman–Crippen LogP) is 3.84. The van der Waals surface area contributed by atoms with Crippen LogP contribution in [0, 0.1) is 0 Å². The van der Waals surface area contributed by atoms with E-state index in [1.54, 1.807) is 6.08 Å². The Morgan fingerprint density at radius 2 is 2.00 bits per heavy atom. The largest absolute Gasteiger partial charge is 0.478 e. The van der Waals surface area contributed by atoms with Gasteiger partial charge in [-0.05, 0) is 28.7 Å². The van der Waals surface area contributed by atoms with Crippen LogP contribution in [-0.2, 0) is 10.2 Å². The molecule has 1 aromatic carbocycles. The molecule has 0 aliphatic carbocycles. The number of halogens is 1. The molecule has 86 valence electrons. The van der Waals surface area contributed by atoms with Crippen LogP contribution in [0.1, 0.15) is 31.9 Å². The van der Waals surface area contributed by atoms with Gasteiger partial charge in [0, 0.05) is 10.5 Å². The fraction of sp³-hybridized carbons (Fsp3) is 0.308. The number of aliphatic carboxylic acids is 1. The fourth-order valence-electron chi connectivity index (χ4n) is 1.29. The first kappa shape index (κ1) is 13.0. The van der Waals surface area contributed by atoms with Crippen molar-refractivity contribution in [2.75, 3.05) is 0 Å². The lowest BCUT2D eigenvalue weighted by atomic mass is 9.87. The van der Waals surface area contributed by atoms with Gasteiger partial charge < -0.3 is 5.11 Å². The van der Waals surface area contributed by atoms with Crippen LogP contribution in [0.3, 0.4) is 0 Å². The molecule has 2 nitrogen and oxygen atoms in total. The van der Waals surface area contributed by atoms with Crippen molar-refractivity contribution >= 4 is 28.0 Å². The molecule has 0 bridgehead atoms. The molecule has 1 aromatic rings. The summed E-state index contributed by atoms with van der Waals surface area (Å²) in [5, 5.41) is 8.55. The zero-order valence-corrected chi connectivity index (χ0v) is 11.2. The summed E-state index contributed by atoms with van der Waals surface area (Å²) in [6, 6.07) is 5.97. The van der Waals surface area contributed by atoms with Crippen molar-refractivity contribution in [1.82, 2.24) is 0 Å². The molecule has 0 aliphatic heterocycles. The second kappa shape index (κ2) is 4.83. The molecule has 3 heteroatoms. The normalized spacial score (nSPS) is 12.0. The molecule has 0 aromatic heterocycles. The SMILES string of the molecule is CC(C)(C)c1ccc(/C=C/C(=O)O)c(Br)c1. The number of carboxylic acids is 1. The zero-order chi connectivity index (χ0) is 12.3. The molecule has 0 saturated carbocycles. The second-order valence-electron chi connectivity index (χ2n) is 4.66. The highest BCUT2D eigenvalue weighted by atomic mass is 79.9. The Hall–Kier alpha value is -1.09. The van der Waals surface area contributed by atoms with Gasteiger partial charge in [-0.15, -0.1) is 0 Å². The lowest BCUT2D eigenvalue weighted by molar-refractivity contribution is -0.131. The summed E-state index contributed by atoms with van der Waals surface area (Å²) >= 11 is 3.45. The lowest BCUT2D eigenvalue weighted by Gasteiger charge is -2.19. The fourth-order valence-corrected chi connectivity index (χ4v) is 1.80. The summed E-state index contributed by atoms with van der Waals surface area (Å²) in [5.74, 6) is -0.938. The van der Waals surface area contributed by atoms with E-state index in [0.29, 0.717) is 0 Å². The maximum absolute atomic E-state index is 10.4. The average Bonchev–Trinajstić information content (AvgIpc) is 2.14. The van der Waals surface area contributed by atoms with Gasteiger partial charge in [-0.2, -0.15) is 0 Å². The van der Waals surface area contributed by atoms with Gasteiger partial charge in [0.15, 0.2) is 0 Å². The minimum atomic E-state index is -0.938. The molecule has 0 fully saturated rings. The van der Waals surface area contributed by atoms with Crippen LogP contribution in [0.4, 0.5) is 0 Å². The second-order valence-corrected chi connectivity index (χ2v) is 5.51. The summed E-state index contributed by atoms with van der Waals surface area (Å²) in [6.07, 6.45) is 2.72. The van der Waals surface area contributed by atoms with Crippen molar-refractivity contribution in [3.05, 3.63) is 39.9 Å². The highest BCUT2D eigenvalue weighted by Crippen LogP contribution is 2.27. The predicted molar refractivity (Wildman–Crippen MR) is 69.5 cm³/mol. The van der Waals surface area contributed by atoms with E-state index in [4.69, 9.17) is 5.11 Å². The molecule has 0 unspecified atom stereocenters. The molecule has 1 N–H and O–H groups in total. The number of carbonyl (C=O) groups is 1. The smallest absolute Gasteiger partial charge is 0.328 e. The van der Waals surface area contributed by atoms with Crippen molar-refractivity contribution in [3.8, 4) is 0 Å². The standard InChI is InChI=1S/C13H15BrO2/c1-13(2,3)10-6-4-9(11(14)8-10)5-7-12(15)16/h4-8H,1-3H3,(H,15,16)/b7-5+. The first-order valence-electron chi connectivity index (χ1n) is 5.02. The molecule has 16 heavy (non-hydrogen) atoms. The van der Waals surface area contributed by atoms with Crippen LogP contribution in [0.5, 0.6) is 0 Å². The third-order valence-corrected chi connectivity index (χ3v) is 2.96. The van der Waals surface area contributed by atoms with Gasteiger partial charge in [-0.25, -0.2) is 4.79 Å². The molecule has 0 heterocycles. The first-order valence-corrected chi connectivity index (χ1v) is 5.81. The van der Waals surface area contributed by atoms with Crippen molar-refractivity contribution in [3.63, 3.8) is 0 Å². The Morgan fingerprint density at radius 1 is 1.38 bits per heavy atom. The van der Waals surface area contributed by atoms with Crippen LogP contribution in [0.25, 0.3) is 6.08 Å². The van der Waals surface area contributed by atoms with E-state index in [2.05, 4.69) is 36.7 Å². The number of benzene rings is 1. The molecular weight excluding hydrogens is 268 g/mol. The number of rotatable bonds is 2. The Labute approximate surface area is 104 Å². The Morgan fingerprint density at radius 3 is 2.44 bits per heavy atom. The molecule has 0 spiro atoms. The van der Waals surface area contributed by atoms with Gasteiger partial charge in [-0.1, -0.05) is 48.8 Å². The maximum atomic E-state index is 10.4. The van der Waals surface area contributed by atoms with Gasteiger partial charge >= 0.3 is 5.97 Å². The quantitative estimate of drug-likeness (QED) is 0.837. The number of carboxylic acid groups (broad SMARTS) is 1. The Balaban J connectivity index is 3.05.